The van der Waals surface area contributed by atoms with Crippen molar-refractivity contribution in [2.24, 2.45) is 11.7 Å². The SMILES string of the molecule is C/C=C(\C)C(=O)N1CCCC(C(C)N)C1.Cl. The minimum Gasteiger partial charge on any atom is -0.339 e. The van der Waals surface area contributed by atoms with Crippen LogP contribution in [0.25, 0.3) is 0 Å². The van der Waals surface area contributed by atoms with Gasteiger partial charge < -0.3 is 10.6 Å². The molecule has 2 unspecified atom stereocenters. The van der Waals surface area contributed by atoms with E-state index < -0.39 is 0 Å². The van der Waals surface area contributed by atoms with Crippen LogP contribution in [0.1, 0.15) is 33.6 Å². The number of halogens is 1. The number of likely N-dealkylation sites (tertiary alicyclic amines) is 1. The van der Waals surface area contributed by atoms with Gasteiger partial charge in [-0.3, -0.25) is 4.79 Å². The van der Waals surface area contributed by atoms with Gasteiger partial charge >= 0.3 is 0 Å². The minimum atomic E-state index is 0. The van der Waals surface area contributed by atoms with Crippen LogP contribution in [0.5, 0.6) is 0 Å². The molecule has 0 bridgehead atoms. The fourth-order valence-electron chi connectivity index (χ4n) is 2.00. The van der Waals surface area contributed by atoms with E-state index in [1.807, 2.05) is 31.7 Å². The highest BCUT2D eigenvalue weighted by Gasteiger charge is 2.25. The summed E-state index contributed by atoms with van der Waals surface area (Å²) in [6, 6.07) is 0.187. The Balaban J connectivity index is 0.00000225. The van der Waals surface area contributed by atoms with E-state index >= 15 is 0 Å². The molecule has 0 aromatic carbocycles. The van der Waals surface area contributed by atoms with Crippen molar-refractivity contribution in [2.75, 3.05) is 13.1 Å². The zero-order chi connectivity index (χ0) is 11.4. The van der Waals surface area contributed by atoms with Crippen molar-refractivity contribution in [1.29, 1.82) is 0 Å². The van der Waals surface area contributed by atoms with E-state index in [0.29, 0.717) is 5.92 Å². The van der Waals surface area contributed by atoms with Crippen LogP contribution in [-0.2, 0) is 4.79 Å². The van der Waals surface area contributed by atoms with Crippen LogP contribution in [0.4, 0.5) is 0 Å². The number of nitrogens with zero attached hydrogens (tertiary/aromatic N) is 1. The molecule has 1 saturated heterocycles. The summed E-state index contributed by atoms with van der Waals surface area (Å²) in [5.41, 5.74) is 6.72. The summed E-state index contributed by atoms with van der Waals surface area (Å²) < 4.78 is 0. The molecule has 94 valence electrons. The number of hydrogen-bond donors (Lipinski definition) is 1. The third-order valence-electron chi connectivity index (χ3n) is 3.26. The molecule has 4 heteroatoms. The molecule has 2 N–H and O–H groups in total. The van der Waals surface area contributed by atoms with Crippen LogP contribution < -0.4 is 5.73 Å². The molecule has 2 atom stereocenters. The Kier molecular flexibility index (Phi) is 6.68. The highest BCUT2D eigenvalue weighted by atomic mass is 35.5. The molecule has 1 heterocycles. The van der Waals surface area contributed by atoms with Gasteiger partial charge in [-0.15, -0.1) is 12.4 Å². The fraction of sp³-hybridized carbons (Fsp3) is 0.750. The Morgan fingerprint density at radius 1 is 1.56 bits per heavy atom. The average Bonchev–Trinajstić information content (AvgIpc) is 2.27. The van der Waals surface area contributed by atoms with E-state index in [0.717, 1.165) is 31.5 Å². The van der Waals surface area contributed by atoms with Gasteiger partial charge in [0.25, 0.3) is 0 Å². The Labute approximate surface area is 104 Å². The first-order valence-electron chi connectivity index (χ1n) is 5.74. The van der Waals surface area contributed by atoms with Gasteiger partial charge in [0.1, 0.15) is 0 Å². The van der Waals surface area contributed by atoms with Crippen LogP contribution in [0.2, 0.25) is 0 Å². The molecule has 1 rings (SSSR count). The monoisotopic (exact) mass is 246 g/mol. The normalized spacial score (nSPS) is 23.6. The molecule has 0 saturated carbocycles. The largest absolute Gasteiger partial charge is 0.339 e. The molecule has 1 aliphatic rings. The molecule has 0 aromatic heterocycles. The van der Waals surface area contributed by atoms with Gasteiger partial charge in [-0.1, -0.05) is 6.08 Å². The second-order valence-corrected chi connectivity index (χ2v) is 4.48. The maximum atomic E-state index is 11.9. The summed E-state index contributed by atoms with van der Waals surface area (Å²) in [6.07, 6.45) is 4.10. The number of carbonyl (C=O) groups excluding carboxylic acids is 1. The Morgan fingerprint density at radius 3 is 2.69 bits per heavy atom. The maximum absolute atomic E-state index is 11.9. The Hall–Kier alpha value is -0.540. The topological polar surface area (TPSA) is 46.3 Å². The van der Waals surface area contributed by atoms with E-state index in [4.69, 9.17) is 5.73 Å². The molecule has 16 heavy (non-hydrogen) atoms. The lowest BCUT2D eigenvalue weighted by Gasteiger charge is -2.34. The highest BCUT2D eigenvalue weighted by molar-refractivity contribution is 5.92. The van der Waals surface area contributed by atoms with Crippen molar-refractivity contribution in [1.82, 2.24) is 4.90 Å². The number of piperidine rings is 1. The van der Waals surface area contributed by atoms with Gasteiger partial charge in [0.05, 0.1) is 0 Å². The van der Waals surface area contributed by atoms with Gasteiger partial charge in [0.15, 0.2) is 0 Å². The molecule has 1 aliphatic heterocycles. The number of nitrogens with two attached hydrogens (primary N) is 1. The van der Waals surface area contributed by atoms with Gasteiger partial charge in [0, 0.05) is 24.7 Å². The van der Waals surface area contributed by atoms with E-state index in [2.05, 4.69) is 0 Å². The standard InChI is InChI=1S/C12H22N2O.ClH/c1-4-9(2)12(15)14-7-5-6-11(8-14)10(3)13;/h4,10-11H,5-8,13H2,1-3H3;1H/b9-4+;. The first-order valence-corrected chi connectivity index (χ1v) is 5.74. The number of amides is 1. The van der Waals surface area contributed by atoms with Crippen LogP contribution in [0.15, 0.2) is 11.6 Å². The average molecular weight is 247 g/mol. The van der Waals surface area contributed by atoms with Crippen LogP contribution in [0, 0.1) is 5.92 Å². The van der Waals surface area contributed by atoms with Crippen molar-refractivity contribution in [3.8, 4) is 0 Å². The van der Waals surface area contributed by atoms with E-state index in [1.165, 1.54) is 0 Å². The van der Waals surface area contributed by atoms with E-state index in [-0.39, 0.29) is 24.4 Å². The molecule has 0 aromatic rings. The first kappa shape index (κ1) is 15.5. The summed E-state index contributed by atoms with van der Waals surface area (Å²) in [4.78, 5) is 13.9. The lowest BCUT2D eigenvalue weighted by atomic mass is 9.92. The summed E-state index contributed by atoms with van der Waals surface area (Å²) in [7, 11) is 0. The third-order valence-corrected chi connectivity index (χ3v) is 3.26. The zero-order valence-electron chi connectivity index (χ0n) is 10.4. The van der Waals surface area contributed by atoms with Crippen LogP contribution >= 0.6 is 12.4 Å². The molecular weight excluding hydrogens is 224 g/mol. The second kappa shape index (κ2) is 6.92. The number of rotatable bonds is 2. The van der Waals surface area contributed by atoms with Gasteiger partial charge in [-0.25, -0.2) is 0 Å². The number of hydrogen-bond acceptors (Lipinski definition) is 2. The predicted octanol–water partition coefficient (Wildman–Crippen LogP) is 1.96. The van der Waals surface area contributed by atoms with Gasteiger partial charge in [0.2, 0.25) is 5.91 Å². The third kappa shape index (κ3) is 3.80. The molecule has 1 fully saturated rings. The summed E-state index contributed by atoms with van der Waals surface area (Å²) in [5, 5.41) is 0. The molecule has 0 aliphatic carbocycles. The van der Waals surface area contributed by atoms with Crippen molar-refractivity contribution in [3.05, 3.63) is 11.6 Å². The van der Waals surface area contributed by atoms with Crippen molar-refractivity contribution in [2.45, 2.75) is 39.7 Å². The van der Waals surface area contributed by atoms with Crippen molar-refractivity contribution >= 4 is 18.3 Å². The first-order chi connectivity index (χ1) is 7.06. The summed E-state index contributed by atoms with van der Waals surface area (Å²) in [5.74, 6) is 0.634. The lowest BCUT2D eigenvalue weighted by molar-refractivity contribution is -0.128. The smallest absolute Gasteiger partial charge is 0.249 e. The maximum Gasteiger partial charge on any atom is 0.249 e. The number of allylic oxidation sites excluding steroid dienone is 1. The molecular formula is C12H23ClN2O. The van der Waals surface area contributed by atoms with Crippen LogP contribution in [0.3, 0.4) is 0 Å². The quantitative estimate of drug-likeness (QED) is 0.758. The molecule has 1 amide bonds. The fourth-order valence-corrected chi connectivity index (χ4v) is 2.00. The summed E-state index contributed by atoms with van der Waals surface area (Å²) >= 11 is 0. The molecule has 0 spiro atoms. The van der Waals surface area contributed by atoms with E-state index in [1.54, 1.807) is 0 Å². The van der Waals surface area contributed by atoms with Gasteiger partial charge in [-0.05, 0) is 39.5 Å². The minimum absolute atomic E-state index is 0. The van der Waals surface area contributed by atoms with Gasteiger partial charge in [-0.2, -0.15) is 0 Å². The van der Waals surface area contributed by atoms with E-state index in [9.17, 15) is 4.79 Å². The zero-order valence-corrected chi connectivity index (χ0v) is 11.2. The number of carbonyl (C=O) groups is 1. The highest BCUT2D eigenvalue weighted by Crippen LogP contribution is 2.20. The molecule has 3 nitrogen and oxygen atoms in total. The summed E-state index contributed by atoms with van der Waals surface area (Å²) in [6.45, 7) is 7.51. The van der Waals surface area contributed by atoms with Crippen molar-refractivity contribution in [3.63, 3.8) is 0 Å². The van der Waals surface area contributed by atoms with Crippen molar-refractivity contribution < 1.29 is 4.79 Å². The Morgan fingerprint density at radius 2 is 2.19 bits per heavy atom. The molecule has 0 radical (unpaired) electrons. The predicted molar refractivity (Wildman–Crippen MR) is 69.6 cm³/mol. The second-order valence-electron chi connectivity index (χ2n) is 4.48. The Bertz CT molecular complexity index is 264. The van der Waals surface area contributed by atoms with Crippen LogP contribution in [-0.4, -0.2) is 29.9 Å². The lowest BCUT2D eigenvalue weighted by Crippen LogP contribution is -2.45.